The van der Waals surface area contributed by atoms with Gasteiger partial charge in [-0.1, -0.05) is 32.8 Å². The van der Waals surface area contributed by atoms with Crippen LogP contribution < -0.4 is 19.5 Å². The molecule has 6 heteroatoms. The van der Waals surface area contributed by atoms with Crippen LogP contribution in [0.5, 0.6) is 17.2 Å². The molecule has 0 saturated heterocycles. The monoisotopic (exact) mass is 463 g/mol. The molecule has 2 aromatic carbocycles. The molecule has 2 aromatic rings. The Morgan fingerprint density at radius 2 is 1.59 bits per heavy atom. The molecule has 0 aromatic heterocycles. The first kappa shape index (κ1) is 23.1. The number of rotatable bonds is 12. The van der Waals surface area contributed by atoms with Gasteiger partial charge in [0.2, 0.25) is 0 Å². The maximum absolute atomic E-state index is 12.5. The van der Waals surface area contributed by atoms with Crippen molar-refractivity contribution >= 4 is 21.8 Å². The van der Waals surface area contributed by atoms with Crippen LogP contribution in [-0.2, 0) is 6.54 Å². The quantitative estimate of drug-likeness (QED) is 0.407. The summed E-state index contributed by atoms with van der Waals surface area (Å²) in [5, 5.41) is 2.94. The largest absolute Gasteiger partial charge is 0.493 e. The van der Waals surface area contributed by atoms with Crippen LogP contribution in [-0.4, -0.2) is 26.2 Å². The van der Waals surface area contributed by atoms with Crippen LogP contribution in [0.2, 0.25) is 0 Å². The summed E-state index contributed by atoms with van der Waals surface area (Å²) in [6.45, 7) is 5.97. The highest BCUT2D eigenvalue weighted by Crippen LogP contribution is 2.29. The summed E-state index contributed by atoms with van der Waals surface area (Å²) in [4.78, 5) is 12.5. The lowest BCUT2D eigenvalue weighted by Crippen LogP contribution is -2.22. The number of nitrogens with one attached hydrogen (secondary N) is 1. The van der Waals surface area contributed by atoms with E-state index < -0.39 is 0 Å². The molecule has 0 atom stereocenters. The Kier molecular flexibility index (Phi) is 9.84. The molecule has 1 amide bonds. The summed E-state index contributed by atoms with van der Waals surface area (Å²) in [6, 6.07) is 11.1. The summed E-state index contributed by atoms with van der Waals surface area (Å²) in [7, 11) is 1.62. The zero-order valence-corrected chi connectivity index (χ0v) is 19.0. The third-order valence-electron chi connectivity index (χ3n) is 4.39. The maximum Gasteiger partial charge on any atom is 0.251 e. The van der Waals surface area contributed by atoms with E-state index in [1.807, 2.05) is 24.3 Å². The fourth-order valence-electron chi connectivity index (χ4n) is 2.64. The molecule has 0 fully saturated rings. The van der Waals surface area contributed by atoms with Crippen LogP contribution >= 0.6 is 15.9 Å². The minimum Gasteiger partial charge on any atom is -0.493 e. The molecule has 0 bridgehead atoms. The van der Waals surface area contributed by atoms with Crippen molar-refractivity contribution in [2.75, 3.05) is 20.3 Å². The highest BCUT2D eigenvalue weighted by molar-refractivity contribution is 9.10. The van der Waals surface area contributed by atoms with Crippen LogP contribution in [0, 0.1) is 0 Å². The maximum atomic E-state index is 12.5. The number of carbonyl (C=O) groups excluding carboxylic acids is 1. The molecule has 158 valence electrons. The van der Waals surface area contributed by atoms with Gasteiger partial charge in [0.15, 0.2) is 11.5 Å². The fraction of sp³-hybridized carbons (Fsp3) is 0.435. The van der Waals surface area contributed by atoms with E-state index in [0.29, 0.717) is 31.1 Å². The molecule has 29 heavy (non-hydrogen) atoms. The highest BCUT2D eigenvalue weighted by atomic mass is 79.9. The van der Waals surface area contributed by atoms with Crippen molar-refractivity contribution in [1.82, 2.24) is 5.32 Å². The molecular formula is C23H30BrNO4. The zero-order valence-electron chi connectivity index (χ0n) is 17.4. The fourth-order valence-corrected chi connectivity index (χ4v) is 3.13. The number of halogens is 1. The standard InChI is InChI=1S/C23H30BrNO4/c1-4-6-12-28-20-11-9-18(15-19(20)24)23(26)25-16-17-8-10-21(22(14-17)27-3)29-13-7-5-2/h8-11,14-15H,4-7,12-13,16H2,1-3H3,(H,25,26). The number of benzene rings is 2. The average Bonchev–Trinajstić information content (AvgIpc) is 2.74. The molecular weight excluding hydrogens is 434 g/mol. The van der Waals surface area contributed by atoms with E-state index in [2.05, 4.69) is 35.1 Å². The number of hydrogen-bond acceptors (Lipinski definition) is 4. The van der Waals surface area contributed by atoms with Gasteiger partial charge in [-0.15, -0.1) is 0 Å². The highest BCUT2D eigenvalue weighted by Gasteiger charge is 2.11. The van der Waals surface area contributed by atoms with Gasteiger partial charge in [0.1, 0.15) is 5.75 Å². The Bertz CT molecular complexity index is 794. The van der Waals surface area contributed by atoms with Crippen LogP contribution in [0.4, 0.5) is 0 Å². The first-order valence-corrected chi connectivity index (χ1v) is 10.9. The predicted molar refractivity (Wildman–Crippen MR) is 119 cm³/mol. The number of carbonyl (C=O) groups is 1. The molecule has 0 aliphatic carbocycles. The van der Waals surface area contributed by atoms with Crippen molar-refractivity contribution in [2.24, 2.45) is 0 Å². The second-order valence-electron chi connectivity index (χ2n) is 6.72. The Morgan fingerprint density at radius 3 is 2.21 bits per heavy atom. The third-order valence-corrected chi connectivity index (χ3v) is 5.01. The minimum absolute atomic E-state index is 0.145. The SMILES string of the molecule is CCCCOc1ccc(C(=O)NCc2ccc(OCCCC)c(OC)c2)cc1Br. The van der Waals surface area contributed by atoms with Crippen LogP contribution in [0.3, 0.4) is 0 Å². The summed E-state index contributed by atoms with van der Waals surface area (Å²) < 4.78 is 17.7. The third kappa shape index (κ3) is 7.28. The second kappa shape index (κ2) is 12.4. The number of ether oxygens (including phenoxy) is 3. The Morgan fingerprint density at radius 1 is 0.931 bits per heavy atom. The van der Waals surface area contributed by atoms with E-state index in [1.54, 1.807) is 19.2 Å². The van der Waals surface area contributed by atoms with Gasteiger partial charge >= 0.3 is 0 Å². The first-order chi connectivity index (χ1) is 14.1. The first-order valence-electron chi connectivity index (χ1n) is 10.1. The molecule has 2 rings (SSSR count). The van der Waals surface area contributed by atoms with E-state index in [4.69, 9.17) is 14.2 Å². The lowest BCUT2D eigenvalue weighted by atomic mass is 10.1. The number of methoxy groups -OCH3 is 1. The molecule has 1 N–H and O–H groups in total. The van der Waals surface area contributed by atoms with E-state index in [0.717, 1.165) is 47.2 Å². The number of amides is 1. The van der Waals surface area contributed by atoms with Gasteiger partial charge in [-0.3, -0.25) is 4.79 Å². The smallest absolute Gasteiger partial charge is 0.251 e. The normalized spacial score (nSPS) is 10.5. The minimum atomic E-state index is -0.145. The van der Waals surface area contributed by atoms with Crippen molar-refractivity contribution < 1.29 is 19.0 Å². The second-order valence-corrected chi connectivity index (χ2v) is 7.57. The topological polar surface area (TPSA) is 56.8 Å². The van der Waals surface area contributed by atoms with Gasteiger partial charge in [0, 0.05) is 12.1 Å². The molecule has 5 nitrogen and oxygen atoms in total. The molecule has 0 heterocycles. The Balaban J connectivity index is 1.95. The predicted octanol–water partition coefficient (Wildman–Crippen LogP) is 5.75. The summed E-state index contributed by atoms with van der Waals surface area (Å²) in [6.07, 6.45) is 4.16. The van der Waals surface area contributed by atoms with Crippen molar-refractivity contribution in [2.45, 2.75) is 46.1 Å². The molecule has 0 aliphatic rings. The van der Waals surface area contributed by atoms with Crippen LogP contribution in [0.15, 0.2) is 40.9 Å². The van der Waals surface area contributed by atoms with Gasteiger partial charge in [0.05, 0.1) is 24.8 Å². The zero-order chi connectivity index (χ0) is 21.1. The summed E-state index contributed by atoms with van der Waals surface area (Å²) in [5.41, 5.74) is 1.52. The van der Waals surface area contributed by atoms with Gasteiger partial charge in [-0.05, 0) is 64.7 Å². The van der Waals surface area contributed by atoms with Crippen LogP contribution in [0.1, 0.15) is 55.5 Å². The Hall–Kier alpha value is -2.21. The molecule has 0 aliphatic heterocycles. The van der Waals surface area contributed by atoms with Crippen molar-refractivity contribution in [3.8, 4) is 17.2 Å². The lowest BCUT2D eigenvalue weighted by Gasteiger charge is -2.13. The van der Waals surface area contributed by atoms with E-state index in [1.165, 1.54) is 0 Å². The molecule has 0 unspecified atom stereocenters. The summed E-state index contributed by atoms with van der Waals surface area (Å²) >= 11 is 3.48. The lowest BCUT2D eigenvalue weighted by molar-refractivity contribution is 0.0950. The van der Waals surface area contributed by atoms with Crippen molar-refractivity contribution in [3.05, 3.63) is 52.0 Å². The van der Waals surface area contributed by atoms with Gasteiger partial charge in [0.25, 0.3) is 5.91 Å². The van der Waals surface area contributed by atoms with Crippen molar-refractivity contribution in [1.29, 1.82) is 0 Å². The molecule has 0 radical (unpaired) electrons. The van der Waals surface area contributed by atoms with Gasteiger partial charge in [-0.25, -0.2) is 0 Å². The van der Waals surface area contributed by atoms with E-state index in [-0.39, 0.29) is 5.91 Å². The van der Waals surface area contributed by atoms with E-state index in [9.17, 15) is 4.79 Å². The van der Waals surface area contributed by atoms with Crippen molar-refractivity contribution in [3.63, 3.8) is 0 Å². The van der Waals surface area contributed by atoms with Crippen LogP contribution in [0.25, 0.3) is 0 Å². The Labute approximate surface area is 181 Å². The number of unbranched alkanes of at least 4 members (excludes halogenated alkanes) is 2. The van der Waals surface area contributed by atoms with Gasteiger partial charge in [-0.2, -0.15) is 0 Å². The van der Waals surface area contributed by atoms with E-state index >= 15 is 0 Å². The summed E-state index contributed by atoms with van der Waals surface area (Å²) in [5.74, 6) is 1.99. The average molecular weight is 464 g/mol. The molecule has 0 spiro atoms. The number of hydrogen-bond donors (Lipinski definition) is 1. The molecule has 0 saturated carbocycles. The van der Waals surface area contributed by atoms with Gasteiger partial charge < -0.3 is 19.5 Å².